The van der Waals surface area contributed by atoms with Gasteiger partial charge in [0.25, 0.3) is 0 Å². The van der Waals surface area contributed by atoms with Gasteiger partial charge in [0.15, 0.2) is 0 Å². The molecule has 0 amide bonds. The van der Waals surface area contributed by atoms with Crippen LogP contribution in [-0.4, -0.2) is 21.5 Å². The fraction of sp³-hybridized carbons (Fsp3) is 0.182. The zero-order valence-corrected chi connectivity index (χ0v) is 9.68. The SMILES string of the molecule is OCCc1ccn(-c2ccc(Br)cc2)n1. The van der Waals surface area contributed by atoms with Gasteiger partial charge in [-0.3, -0.25) is 0 Å². The van der Waals surface area contributed by atoms with Crippen LogP contribution in [0.15, 0.2) is 41.0 Å². The van der Waals surface area contributed by atoms with Crippen molar-refractivity contribution in [1.82, 2.24) is 9.78 Å². The Morgan fingerprint density at radius 3 is 2.60 bits per heavy atom. The van der Waals surface area contributed by atoms with Gasteiger partial charge in [-0.05, 0) is 30.3 Å². The molecule has 2 rings (SSSR count). The van der Waals surface area contributed by atoms with Gasteiger partial charge in [-0.1, -0.05) is 15.9 Å². The third-order valence-corrected chi connectivity index (χ3v) is 2.63. The van der Waals surface area contributed by atoms with Crippen LogP contribution >= 0.6 is 15.9 Å². The van der Waals surface area contributed by atoms with Crippen molar-refractivity contribution in [3.05, 3.63) is 46.7 Å². The van der Waals surface area contributed by atoms with E-state index in [4.69, 9.17) is 5.11 Å². The highest BCUT2D eigenvalue weighted by molar-refractivity contribution is 9.10. The Morgan fingerprint density at radius 2 is 1.93 bits per heavy atom. The topological polar surface area (TPSA) is 38.0 Å². The van der Waals surface area contributed by atoms with Crippen molar-refractivity contribution in [2.75, 3.05) is 6.61 Å². The van der Waals surface area contributed by atoms with Crippen LogP contribution in [-0.2, 0) is 6.42 Å². The van der Waals surface area contributed by atoms with Gasteiger partial charge >= 0.3 is 0 Å². The molecule has 4 heteroatoms. The number of aliphatic hydroxyl groups is 1. The van der Waals surface area contributed by atoms with Gasteiger partial charge in [-0.2, -0.15) is 5.10 Å². The molecule has 78 valence electrons. The van der Waals surface area contributed by atoms with Crippen molar-refractivity contribution < 1.29 is 5.11 Å². The molecular weight excluding hydrogens is 256 g/mol. The second-order valence-electron chi connectivity index (χ2n) is 3.20. The van der Waals surface area contributed by atoms with Crippen LogP contribution in [0.4, 0.5) is 0 Å². The quantitative estimate of drug-likeness (QED) is 0.925. The second kappa shape index (κ2) is 4.59. The fourth-order valence-corrected chi connectivity index (χ4v) is 1.61. The first-order valence-electron chi connectivity index (χ1n) is 4.71. The van der Waals surface area contributed by atoms with Crippen LogP contribution in [0.25, 0.3) is 5.69 Å². The summed E-state index contributed by atoms with van der Waals surface area (Å²) in [5, 5.41) is 13.1. The van der Waals surface area contributed by atoms with Crippen LogP contribution in [0.1, 0.15) is 5.69 Å². The highest BCUT2D eigenvalue weighted by Crippen LogP contribution is 2.13. The molecular formula is C11H11BrN2O. The summed E-state index contributed by atoms with van der Waals surface area (Å²) >= 11 is 3.39. The van der Waals surface area contributed by atoms with Gasteiger partial charge in [0.1, 0.15) is 0 Å². The van der Waals surface area contributed by atoms with Crippen LogP contribution < -0.4 is 0 Å². The maximum atomic E-state index is 8.78. The molecule has 1 aromatic heterocycles. The molecule has 1 aromatic carbocycles. The minimum atomic E-state index is 0.136. The maximum absolute atomic E-state index is 8.78. The van der Waals surface area contributed by atoms with E-state index in [2.05, 4.69) is 21.0 Å². The molecule has 0 saturated heterocycles. The minimum Gasteiger partial charge on any atom is -0.396 e. The van der Waals surface area contributed by atoms with E-state index in [1.165, 1.54) is 0 Å². The second-order valence-corrected chi connectivity index (χ2v) is 4.12. The Balaban J connectivity index is 2.25. The number of aromatic nitrogens is 2. The number of hydrogen-bond acceptors (Lipinski definition) is 2. The van der Waals surface area contributed by atoms with Gasteiger partial charge in [0.2, 0.25) is 0 Å². The average Bonchev–Trinajstić information content (AvgIpc) is 2.68. The number of hydrogen-bond donors (Lipinski definition) is 1. The van der Waals surface area contributed by atoms with Crippen LogP contribution in [0.3, 0.4) is 0 Å². The average molecular weight is 267 g/mol. The summed E-state index contributed by atoms with van der Waals surface area (Å²) in [4.78, 5) is 0. The van der Waals surface area contributed by atoms with Crippen molar-refractivity contribution in [2.45, 2.75) is 6.42 Å². The standard InChI is InChI=1S/C11H11BrN2O/c12-9-1-3-11(4-2-9)14-7-5-10(13-14)6-8-15/h1-5,7,15H,6,8H2. The van der Waals surface area contributed by atoms with Gasteiger partial charge in [0, 0.05) is 23.7 Å². The summed E-state index contributed by atoms with van der Waals surface area (Å²) in [6, 6.07) is 9.84. The van der Waals surface area contributed by atoms with Crippen LogP contribution in [0.5, 0.6) is 0 Å². The van der Waals surface area contributed by atoms with E-state index in [9.17, 15) is 0 Å². The molecule has 1 N–H and O–H groups in total. The molecule has 0 saturated carbocycles. The number of rotatable bonds is 3. The molecule has 0 bridgehead atoms. The Bertz CT molecular complexity index is 436. The van der Waals surface area contributed by atoms with E-state index in [-0.39, 0.29) is 6.61 Å². The third-order valence-electron chi connectivity index (χ3n) is 2.10. The first-order chi connectivity index (χ1) is 7.29. The van der Waals surface area contributed by atoms with Crippen LogP contribution in [0, 0.1) is 0 Å². The van der Waals surface area contributed by atoms with E-state index in [1.54, 1.807) is 4.68 Å². The van der Waals surface area contributed by atoms with Crippen LogP contribution in [0.2, 0.25) is 0 Å². The number of nitrogens with zero attached hydrogens (tertiary/aromatic N) is 2. The van der Waals surface area contributed by atoms with E-state index in [1.807, 2.05) is 36.5 Å². The zero-order chi connectivity index (χ0) is 10.7. The molecule has 0 atom stereocenters. The summed E-state index contributed by atoms with van der Waals surface area (Å²) in [6.07, 6.45) is 2.50. The Hall–Kier alpha value is -1.13. The summed E-state index contributed by atoms with van der Waals surface area (Å²) in [7, 11) is 0. The molecule has 0 aliphatic carbocycles. The number of aliphatic hydroxyl groups excluding tert-OH is 1. The summed E-state index contributed by atoms with van der Waals surface area (Å²) in [6.45, 7) is 0.136. The third kappa shape index (κ3) is 2.46. The van der Waals surface area contributed by atoms with Crippen molar-refractivity contribution in [3.63, 3.8) is 0 Å². The molecule has 0 radical (unpaired) electrons. The fourth-order valence-electron chi connectivity index (χ4n) is 1.35. The van der Waals surface area contributed by atoms with Gasteiger partial charge in [0.05, 0.1) is 11.4 Å². The maximum Gasteiger partial charge on any atom is 0.0651 e. The normalized spacial score (nSPS) is 10.5. The smallest absolute Gasteiger partial charge is 0.0651 e. The lowest BCUT2D eigenvalue weighted by Crippen LogP contribution is -1.97. The first kappa shape index (κ1) is 10.4. The van der Waals surface area contributed by atoms with Crippen molar-refractivity contribution >= 4 is 15.9 Å². The molecule has 1 heterocycles. The zero-order valence-electron chi connectivity index (χ0n) is 8.10. The molecule has 0 spiro atoms. The van der Waals surface area contributed by atoms with Gasteiger partial charge < -0.3 is 5.11 Å². The predicted octanol–water partition coefficient (Wildman–Crippen LogP) is 2.17. The number of benzene rings is 1. The highest BCUT2D eigenvalue weighted by Gasteiger charge is 2.00. The monoisotopic (exact) mass is 266 g/mol. The molecule has 3 nitrogen and oxygen atoms in total. The lowest BCUT2D eigenvalue weighted by atomic mass is 10.3. The van der Waals surface area contributed by atoms with E-state index in [0.29, 0.717) is 6.42 Å². The summed E-state index contributed by atoms with van der Waals surface area (Å²) in [5.74, 6) is 0. The van der Waals surface area contributed by atoms with Crippen molar-refractivity contribution in [1.29, 1.82) is 0 Å². The van der Waals surface area contributed by atoms with E-state index < -0.39 is 0 Å². The van der Waals surface area contributed by atoms with E-state index >= 15 is 0 Å². The largest absolute Gasteiger partial charge is 0.396 e. The lowest BCUT2D eigenvalue weighted by molar-refractivity contribution is 0.298. The van der Waals surface area contributed by atoms with Gasteiger partial charge in [-0.15, -0.1) is 0 Å². The van der Waals surface area contributed by atoms with Crippen molar-refractivity contribution in [2.24, 2.45) is 0 Å². The molecule has 15 heavy (non-hydrogen) atoms. The Labute approximate surface area is 96.5 Å². The molecule has 0 aliphatic rings. The minimum absolute atomic E-state index is 0.136. The molecule has 0 aliphatic heterocycles. The first-order valence-corrected chi connectivity index (χ1v) is 5.50. The van der Waals surface area contributed by atoms with Gasteiger partial charge in [-0.25, -0.2) is 4.68 Å². The molecule has 2 aromatic rings. The summed E-state index contributed by atoms with van der Waals surface area (Å²) < 4.78 is 2.85. The Kier molecular flexibility index (Phi) is 3.18. The summed E-state index contributed by atoms with van der Waals surface area (Å²) in [5.41, 5.74) is 1.92. The predicted molar refractivity (Wildman–Crippen MR) is 62.1 cm³/mol. The Morgan fingerprint density at radius 1 is 1.20 bits per heavy atom. The highest BCUT2D eigenvalue weighted by atomic mass is 79.9. The number of halogens is 1. The van der Waals surface area contributed by atoms with Crippen molar-refractivity contribution in [3.8, 4) is 5.69 Å². The molecule has 0 unspecified atom stereocenters. The molecule has 0 fully saturated rings. The van der Waals surface area contributed by atoms with E-state index in [0.717, 1.165) is 15.9 Å². The lowest BCUT2D eigenvalue weighted by Gasteiger charge is -2.00.